The summed E-state index contributed by atoms with van der Waals surface area (Å²) in [6, 6.07) is 24.1. The van der Waals surface area contributed by atoms with Crippen LogP contribution in [0.3, 0.4) is 0 Å². The quantitative estimate of drug-likeness (QED) is 0.612. The molecule has 2 heteroatoms. The maximum absolute atomic E-state index is 13.2. The first-order valence-electron chi connectivity index (χ1n) is 8.43. The first-order valence-corrected chi connectivity index (χ1v) is 8.43. The van der Waals surface area contributed by atoms with Crippen LogP contribution in [0.2, 0.25) is 0 Å². The second kappa shape index (κ2) is 6.06. The van der Waals surface area contributed by atoms with Crippen molar-refractivity contribution in [3.05, 3.63) is 101 Å². The molecule has 3 aromatic rings. The molecule has 1 aliphatic heterocycles. The zero-order chi connectivity index (χ0) is 17.4. The van der Waals surface area contributed by atoms with Gasteiger partial charge < -0.3 is 0 Å². The van der Waals surface area contributed by atoms with Gasteiger partial charge in [-0.25, -0.2) is 0 Å². The van der Waals surface area contributed by atoms with E-state index in [9.17, 15) is 4.79 Å². The van der Waals surface area contributed by atoms with Gasteiger partial charge in [0.2, 0.25) is 0 Å². The van der Waals surface area contributed by atoms with E-state index in [0.29, 0.717) is 0 Å². The molecule has 0 fully saturated rings. The predicted octanol–water partition coefficient (Wildman–Crippen LogP) is 5.46. The Morgan fingerprint density at radius 3 is 2.00 bits per heavy atom. The Kier molecular flexibility index (Phi) is 3.73. The van der Waals surface area contributed by atoms with Gasteiger partial charge in [-0.3, -0.25) is 9.69 Å². The van der Waals surface area contributed by atoms with Crippen LogP contribution in [0.15, 0.2) is 72.8 Å². The Morgan fingerprint density at radius 1 is 0.720 bits per heavy atom. The van der Waals surface area contributed by atoms with Gasteiger partial charge in [-0.2, -0.15) is 0 Å². The summed E-state index contributed by atoms with van der Waals surface area (Å²) in [6.07, 6.45) is 2.09. The second-order valence-corrected chi connectivity index (χ2v) is 6.37. The first-order chi connectivity index (χ1) is 12.2. The minimum atomic E-state index is 0.0372. The molecule has 0 aromatic heterocycles. The van der Waals surface area contributed by atoms with Gasteiger partial charge in [0.05, 0.1) is 11.4 Å². The van der Waals surface area contributed by atoms with Crippen molar-refractivity contribution in [2.75, 3.05) is 4.90 Å². The molecule has 0 saturated heterocycles. The highest BCUT2D eigenvalue weighted by molar-refractivity contribution is 6.25. The van der Waals surface area contributed by atoms with Gasteiger partial charge in [-0.05, 0) is 42.7 Å². The highest BCUT2D eigenvalue weighted by atomic mass is 16.2. The third-order valence-electron chi connectivity index (χ3n) is 4.64. The summed E-state index contributed by atoms with van der Waals surface area (Å²) in [7, 11) is 0. The summed E-state index contributed by atoms with van der Waals surface area (Å²) in [5.41, 5.74) is 6.93. The molecular weight excluding hydrogens is 306 g/mol. The van der Waals surface area contributed by atoms with E-state index >= 15 is 0 Å². The molecule has 2 nitrogen and oxygen atoms in total. The van der Waals surface area contributed by atoms with Crippen LogP contribution in [-0.2, 0) is 0 Å². The van der Waals surface area contributed by atoms with Crippen molar-refractivity contribution in [2.45, 2.75) is 13.8 Å². The molecule has 0 saturated carbocycles. The number of amides is 1. The number of carbonyl (C=O) groups is 1. The summed E-state index contributed by atoms with van der Waals surface area (Å²) in [5, 5.41) is 0. The van der Waals surface area contributed by atoms with Crippen molar-refractivity contribution in [1.29, 1.82) is 0 Å². The van der Waals surface area contributed by atoms with Crippen LogP contribution in [0.5, 0.6) is 0 Å². The Hall–Kier alpha value is -3.13. The molecule has 0 bridgehead atoms. The lowest BCUT2D eigenvalue weighted by Gasteiger charge is -2.23. The minimum absolute atomic E-state index is 0.0372. The van der Waals surface area contributed by atoms with Gasteiger partial charge in [0.25, 0.3) is 5.91 Å². The highest BCUT2D eigenvalue weighted by Gasteiger charge is 2.34. The van der Waals surface area contributed by atoms with Crippen LogP contribution in [0, 0.1) is 13.8 Å². The third-order valence-corrected chi connectivity index (χ3v) is 4.64. The number of aryl methyl sites for hydroxylation is 2. The van der Waals surface area contributed by atoms with Gasteiger partial charge in [-0.15, -0.1) is 0 Å². The summed E-state index contributed by atoms with van der Waals surface area (Å²) < 4.78 is 0. The standard InChI is InChI=1S/C23H19NO/c1-16-9-8-10-17(2)22(16)24-21(15-18-11-4-3-5-12-18)19-13-6-7-14-20(19)23(24)25/h3-15H,1-2H3. The first kappa shape index (κ1) is 15.4. The number of hydrogen-bond acceptors (Lipinski definition) is 1. The van der Waals surface area contributed by atoms with Crippen molar-refractivity contribution in [1.82, 2.24) is 0 Å². The lowest BCUT2D eigenvalue weighted by molar-refractivity contribution is 0.101. The molecule has 0 aliphatic carbocycles. The Labute approximate surface area is 148 Å². The van der Waals surface area contributed by atoms with Crippen LogP contribution in [0.1, 0.15) is 32.6 Å². The molecule has 1 heterocycles. The van der Waals surface area contributed by atoms with E-state index in [1.165, 1.54) is 0 Å². The average molecular weight is 325 g/mol. The number of fused-ring (bicyclic) bond motifs is 1. The van der Waals surface area contributed by atoms with Crippen molar-refractivity contribution in [3.63, 3.8) is 0 Å². The van der Waals surface area contributed by atoms with E-state index < -0.39 is 0 Å². The highest BCUT2D eigenvalue weighted by Crippen LogP contribution is 2.40. The molecule has 0 spiro atoms. The molecule has 0 unspecified atom stereocenters. The molecule has 1 amide bonds. The van der Waals surface area contributed by atoms with E-state index in [-0.39, 0.29) is 5.91 Å². The fraction of sp³-hybridized carbons (Fsp3) is 0.0870. The molecule has 25 heavy (non-hydrogen) atoms. The SMILES string of the molecule is Cc1cccc(C)c1N1C(=O)c2ccccc2C1=Cc1ccccc1. The van der Waals surface area contributed by atoms with Gasteiger partial charge in [-0.1, -0.05) is 66.7 Å². The van der Waals surface area contributed by atoms with E-state index in [2.05, 4.69) is 44.2 Å². The zero-order valence-electron chi connectivity index (χ0n) is 14.4. The number of anilines is 1. The van der Waals surface area contributed by atoms with Gasteiger partial charge >= 0.3 is 0 Å². The molecule has 0 N–H and O–H groups in total. The largest absolute Gasteiger partial charge is 0.276 e. The van der Waals surface area contributed by atoms with Crippen molar-refractivity contribution in [3.8, 4) is 0 Å². The molecule has 3 aromatic carbocycles. The van der Waals surface area contributed by atoms with Crippen LogP contribution >= 0.6 is 0 Å². The molecular formula is C23H19NO. The maximum atomic E-state index is 13.2. The monoisotopic (exact) mass is 325 g/mol. The van der Waals surface area contributed by atoms with Gasteiger partial charge in [0, 0.05) is 11.1 Å². The third kappa shape index (κ3) is 2.56. The number of nitrogens with zero attached hydrogens (tertiary/aromatic N) is 1. The molecule has 122 valence electrons. The summed E-state index contributed by atoms with van der Waals surface area (Å²) >= 11 is 0. The van der Waals surface area contributed by atoms with Crippen molar-refractivity contribution in [2.24, 2.45) is 0 Å². The fourth-order valence-corrected chi connectivity index (χ4v) is 3.47. The number of rotatable bonds is 2. The van der Waals surface area contributed by atoms with Crippen molar-refractivity contribution < 1.29 is 4.79 Å². The van der Waals surface area contributed by atoms with E-state index in [1.54, 1.807) is 0 Å². The zero-order valence-corrected chi connectivity index (χ0v) is 14.4. The fourth-order valence-electron chi connectivity index (χ4n) is 3.47. The van der Waals surface area contributed by atoms with Crippen LogP contribution in [0.25, 0.3) is 11.8 Å². The topological polar surface area (TPSA) is 20.3 Å². The van der Waals surface area contributed by atoms with Crippen LogP contribution < -0.4 is 4.90 Å². The van der Waals surface area contributed by atoms with E-state index in [0.717, 1.165) is 39.2 Å². The normalized spacial score (nSPS) is 14.9. The Bertz CT molecular complexity index is 966. The second-order valence-electron chi connectivity index (χ2n) is 6.37. The molecule has 4 rings (SSSR count). The average Bonchev–Trinajstić information content (AvgIpc) is 2.89. The number of carbonyl (C=O) groups excluding carboxylic acids is 1. The predicted molar refractivity (Wildman–Crippen MR) is 103 cm³/mol. The van der Waals surface area contributed by atoms with Crippen molar-refractivity contribution >= 4 is 23.4 Å². The lowest BCUT2D eigenvalue weighted by atomic mass is 10.1. The van der Waals surface area contributed by atoms with Gasteiger partial charge in [0.1, 0.15) is 0 Å². The summed E-state index contributed by atoms with van der Waals surface area (Å²) in [4.78, 5) is 15.1. The lowest BCUT2D eigenvalue weighted by Crippen LogP contribution is -2.24. The van der Waals surface area contributed by atoms with Gasteiger partial charge in [0.15, 0.2) is 0 Å². The number of para-hydroxylation sites is 1. The molecule has 1 aliphatic rings. The van der Waals surface area contributed by atoms with E-state index in [1.807, 2.05) is 53.4 Å². The maximum Gasteiger partial charge on any atom is 0.263 e. The number of hydrogen-bond donors (Lipinski definition) is 0. The smallest absolute Gasteiger partial charge is 0.263 e. The minimum Gasteiger partial charge on any atom is -0.276 e. The number of benzene rings is 3. The Morgan fingerprint density at radius 2 is 1.32 bits per heavy atom. The molecule has 0 radical (unpaired) electrons. The summed E-state index contributed by atoms with van der Waals surface area (Å²) in [6.45, 7) is 4.11. The Balaban J connectivity index is 1.97. The van der Waals surface area contributed by atoms with Crippen LogP contribution in [0.4, 0.5) is 5.69 Å². The molecule has 0 atom stereocenters. The van der Waals surface area contributed by atoms with Crippen LogP contribution in [-0.4, -0.2) is 5.91 Å². The summed E-state index contributed by atoms with van der Waals surface area (Å²) in [5.74, 6) is 0.0372. The van der Waals surface area contributed by atoms with E-state index in [4.69, 9.17) is 0 Å².